The Bertz CT molecular complexity index is 567. The van der Waals surface area contributed by atoms with E-state index in [-0.39, 0.29) is 17.7 Å². The minimum absolute atomic E-state index is 0.0523. The van der Waals surface area contributed by atoms with Crippen molar-refractivity contribution in [1.29, 1.82) is 0 Å². The lowest BCUT2D eigenvalue weighted by Crippen LogP contribution is -2.48. The van der Waals surface area contributed by atoms with Gasteiger partial charge in [0.15, 0.2) is 0 Å². The fourth-order valence-electron chi connectivity index (χ4n) is 3.29. The molecule has 0 unspecified atom stereocenters. The lowest BCUT2D eigenvalue weighted by molar-refractivity contribution is -0.137. The molecular weight excluding hydrogens is 323 g/mol. The summed E-state index contributed by atoms with van der Waals surface area (Å²) in [6, 6.07) is 6.81. The van der Waals surface area contributed by atoms with Crippen molar-refractivity contribution in [2.45, 2.75) is 38.1 Å². The maximum Gasteiger partial charge on any atom is 0.304 e. The summed E-state index contributed by atoms with van der Waals surface area (Å²) in [4.78, 5) is 13.0. The Morgan fingerprint density at radius 2 is 1.96 bits per heavy atom. The third kappa shape index (κ3) is 5.68. The summed E-state index contributed by atoms with van der Waals surface area (Å²) in [7, 11) is 0. The molecule has 0 aromatic heterocycles. The number of carboxylic acid groups (broad SMARTS) is 1. The Morgan fingerprint density at radius 1 is 1.28 bits per heavy atom. The smallest absolute Gasteiger partial charge is 0.304 e. The molecule has 0 radical (unpaired) electrons. The second-order valence-electron chi connectivity index (χ2n) is 7.38. The van der Waals surface area contributed by atoms with Gasteiger partial charge in [-0.25, -0.2) is 4.39 Å². The molecule has 25 heavy (non-hydrogen) atoms. The van der Waals surface area contributed by atoms with E-state index >= 15 is 0 Å². The normalized spacial score (nSPS) is 20.4. The van der Waals surface area contributed by atoms with E-state index < -0.39 is 5.97 Å². The Hall–Kier alpha value is -1.66. The van der Waals surface area contributed by atoms with Crippen LogP contribution in [0, 0.1) is 11.2 Å². The van der Waals surface area contributed by atoms with Crippen molar-refractivity contribution >= 4 is 5.97 Å². The molecule has 0 amide bonds. The van der Waals surface area contributed by atoms with Gasteiger partial charge in [-0.2, -0.15) is 0 Å². The van der Waals surface area contributed by atoms with Gasteiger partial charge in [0.1, 0.15) is 11.6 Å². The molecule has 3 rings (SSSR count). The number of ether oxygens (including phenoxy) is 1. The lowest BCUT2D eigenvalue weighted by Gasteiger charge is -2.41. The summed E-state index contributed by atoms with van der Waals surface area (Å²) in [6.45, 7) is 3.93. The maximum atomic E-state index is 13.0. The number of aliphatic carboxylic acids is 1. The predicted molar refractivity (Wildman–Crippen MR) is 93.3 cm³/mol. The van der Waals surface area contributed by atoms with Gasteiger partial charge in [0.2, 0.25) is 0 Å². The topological polar surface area (TPSA) is 61.8 Å². The van der Waals surface area contributed by atoms with E-state index in [4.69, 9.17) is 9.84 Å². The van der Waals surface area contributed by atoms with Crippen molar-refractivity contribution in [3.63, 3.8) is 0 Å². The van der Waals surface area contributed by atoms with Crippen LogP contribution < -0.4 is 10.1 Å². The van der Waals surface area contributed by atoms with E-state index in [1.165, 1.54) is 25.0 Å². The van der Waals surface area contributed by atoms with Crippen LogP contribution in [0.4, 0.5) is 4.39 Å². The average molecular weight is 350 g/mol. The fraction of sp³-hybridized carbons (Fsp3) is 0.632. The molecule has 2 N–H and O–H groups in total. The molecule has 1 saturated heterocycles. The molecule has 0 spiro atoms. The summed E-state index contributed by atoms with van der Waals surface area (Å²) in [5.74, 6) is -0.309. The molecule has 5 nitrogen and oxygen atoms in total. The first-order chi connectivity index (χ1) is 12.0. The molecule has 138 valence electrons. The zero-order chi connectivity index (χ0) is 17.7. The molecule has 2 aliphatic rings. The first-order valence-electron chi connectivity index (χ1n) is 9.11. The van der Waals surface area contributed by atoms with E-state index in [2.05, 4.69) is 10.2 Å². The van der Waals surface area contributed by atoms with Gasteiger partial charge in [-0.1, -0.05) is 0 Å². The molecule has 0 atom stereocenters. The largest absolute Gasteiger partial charge is 0.493 e. The SMILES string of the molecule is O=C(O)CCN1CCC(CNC2CC2)(COc2ccc(F)cc2)CC1. The number of hydrogen-bond donors (Lipinski definition) is 2. The Morgan fingerprint density at radius 3 is 2.56 bits per heavy atom. The number of hydrogen-bond acceptors (Lipinski definition) is 4. The van der Waals surface area contributed by atoms with Gasteiger partial charge in [0.05, 0.1) is 13.0 Å². The van der Waals surface area contributed by atoms with Crippen molar-refractivity contribution < 1.29 is 19.0 Å². The predicted octanol–water partition coefficient (Wildman–Crippen LogP) is 2.51. The van der Waals surface area contributed by atoms with Gasteiger partial charge in [-0.15, -0.1) is 0 Å². The monoisotopic (exact) mass is 350 g/mol. The summed E-state index contributed by atoms with van der Waals surface area (Å²) in [5.41, 5.74) is 0.0523. The zero-order valence-corrected chi connectivity index (χ0v) is 14.5. The highest BCUT2D eigenvalue weighted by molar-refractivity contribution is 5.66. The van der Waals surface area contributed by atoms with E-state index in [9.17, 15) is 9.18 Å². The second kappa shape index (κ2) is 8.15. The van der Waals surface area contributed by atoms with Crippen LogP contribution in [-0.4, -0.2) is 54.8 Å². The first kappa shape index (κ1) is 18.1. The Balaban J connectivity index is 1.54. The molecule has 2 fully saturated rings. The summed E-state index contributed by atoms with van der Waals surface area (Å²) < 4.78 is 19.0. The minimum atomic E-state index is -0.744. The van der Waals surface area contributed by atoms with Crippen molar-refractivity contribution in [2.75, 3.05) is 32.8 Å². The van der Waals surface area contributed by atoms with Crippen LogP contribution in [0.5, 0.6) is 5.75 Å². The quantitative estimate of drug-likeness (QED) is 0.717. The highest BCUT2D eigenvalue weighted by Crippen LogP contribution is 2.33. The minimum Gasteiger partial charge on any atom is -0.493 e. The highest BCUT2D eigenvalue weighted by Gasteiger charge is 2.37. The third-order valence-electron chi connectivity index (χ3n) is 5.26. The van der Waals surface area contributed by atoms with Crippen LogP contribution in [0.1, 0.15) is 32.1 Å². The molecular formula is C19H27FN2O3. The molecule has 1 saturated carbocycles. The first-order valence-corrected chi connectivity index (χ1v) is 9.11. The molecule has 1 heterocycles. The summed E-state index contributed by atoms with van der Waals surface area (Å²) >= 11 is 0. The Labute approximate surface area is 148 Å². The van der Waals surface area contributed by atoms with Gasteiger partial charge in [-0.05, 0) is 63.0 Å². The van der Waals surface area contributed by atoms with Crippen LogP contribution in [0.15, 0.2) is 24.3 Å². The van der Waals surface area contributed by atoms with Gasteiger partial charge in [0, 0.05) is 24.5 Å². The standard InChI is InChI=1S/C19H27FN2O3/c20-15-1-5-17(6-2-15)25-14-19(13-21-16-3-4-16)8-11-22(12-9-19)10-7-18(23)24/h1-2,5-6,16,21H,3-4,7-14H2,(H,23,24). The highest BCUT2D eigenvalue weighted by atomic mass is 19.1. The zero-order valence-electron chi connectivity index (χ0n) is 14.5. The molecule has 1 aromatic rings. The second-order valence-corrected chi connectivity index (χ2v) is 7.38. The van der Waals surface area contributed by atoms with E-state index in [0.717, 1.165) is 32.5 Å². The summed E-state index contributed by atoms with van der Waals surface area (Å²) in [5, 5.41) is 12.5. The number of likely N-dealkylation sites (tertiary alicyclic amines) is 1. The average Bonchev–Trinajstić information content (AvgIpc) is 3.43. The van der Waals surface area contributed by atoms with Crippen LogP contribution in [0.3, 0.4) is 0 Å². The van der Waals surface area contributed by atoms with Crippen LogP contribution in [-0.2, 0) is 4.79 Å². The number of piperidine rings is 1. The van der Waals surface area contributed by atoms with Crippen LogP contribution >= 0.6 is 0 Å². The number of benzene rings is 1. The third-order valence-corrected chi connectivity index (χ3v) is 5.26. The molecule has 1 aliphatic carbocycles. The van der Waals surface area contributed by atoms with Crippen molar-refractivity contribution in [3.05, 3.63) is 30.1 Å². The van der Waals surface area contributed by atoms with E-state index in [1.54, 1.807) is 12.1 Å². The van der Waals surface area contributed by atoms with Crippen molar-refractivity contribution in [1.82, 2.24) is 10.2 Å². The van der Waals surface area contributed by atoms with E-state index in [1.807, 2.05) is 0 Å². The molecule has 0 bridgehead atoms. The molecule has 6 heteroatoms. The Kier molecular flexibility index (Phi) is 5.91. The maximum absolute atomic E-state index is 13.0. The number of nitrogens with zero attached hydrogens (tertiary/aromatic N) is 1. The van der Waals surface area contributed by atoms with Crippen molar-refractivity contribution in [3.8, 4) is 5.75 Å². The van der Waals surface area contributed by atoms with Gasteiger partial charge in [0.25, 0.3) is 0 Å². The van der Waals surface area contributed by atoms with Crippen molar-refractivity contribution in [2.24, 2.45) is 5.41 Å². The number of carbonyl (C=O) groups is 1. The van der Waals surface area contributed by atoms with Gasteiger partial charge < -0.3 is 20.1 Å². The summed E-state index contributed by atoms with van der Waals surface area (Å²) in [6.07, 6.45) is 4.65. The number of halogens is 1. The van der Waals surface area contributed by atoms with Crippen LogP contribution in [0.2, 0.25) is 0 Å². The number of nitrogens with one attached hydrogen (secondary N) is 1. The molecule has 1 aromatic carbocycles. The lowest BCUT2D eigenvalue weighted by atomic mass is 9.78. The van der Waals surface area contributed by atoms with Crippen LogP contribution in [0.25, 0.3) is 0 Å². The molecule has 1 aliphatic heterocycles. The van der Waals surface area contributed by atoms with E-state index in [0.29, 0.717) is 24.9 Å². The number of rotatable bonds is 9. The number of carboxylic acids is 1. The van der Waals surface area contributed by atoms with Gasteiger partial charge >= 0.3 is 5.97 Å². The van der Waals surface area contributed by atoms with Gasteiger partial charge in [-0.3, -0.25) is 4.79 Å². The fourth-order valence-corrected chi connectivity index (χ4v) is 3.29.